The summed E-state index contributed by atoms with van der Waals surface area (Å²) in [6, 6.07) is 8.10. The van der Waals surface area contributed by atoms with Crippen molar-refractivity contribution in [3.05, 3.63) is 29.8 Å². The molecule has 0 radical (unpaired) electrons. The Morgan fingerprint density at radius 1 is 1.37 bits per heavy atom. The second-order valence-corrected chi connectivity index (χ2v) is 4.94. The van der Waals surface area contributed by atoms with E-state index in [9.17, 15) is 4.79 Å². The summed E-state index contributed by atoms with van der Waals surface area (Å²) in [6.07, 6.45) is 2.39. The highest BCUT2D eigenvalue weighted by molar-refractivity contribution is 5.78. The number of likely N-dealkylation sites (N-methyl/N-ethyl adjacent to an activating group) is 1. The topological polar surface area (TPSA) is 50.4 Å². The smallest absolute Gasteiger partial charge is 0.234 e. The quantitative estimate of drug-likeness (QED) is 0.788. The maximum atomic E-state index is 11.8. The molecule has 1 aliphatic rings. The molecule has 19 heavy (non-hydrogen) atoms. The van der Waals surface area contributed by atoms with Gasteiger partial charge in [0.05, 0.1) is 19.7 Å². The lowest BCUT2D eigenvalue weighted by Gasteiger charge is -2.19. The largest absolute Gasteiger partial charge is 0.497 e. The van der Waals surface area contributed by atoms with Gasteiger partial charge in [-0.2, -0.15) is 0 Å². The number of hydrogen-bond donors (Lipinski definition) is 2. The van der Waals surface area contributed by atoms with Gasteiger partial charge in [0.25, 0.3) is 0 Å². The molecule has 1 unspecified atom stereocenters. The zero-order valence-electron chi connectivity index (χ0n) is 11.6. The summed E-state index contributed by atoms with van der Waals surface area (Å²) in [6.45, 7) is 3.19. The number of carbonyl (C=O) groups is 1. The number of nitrogens with one attached hydrogen (secondary N) is 2. The van der Waals surface area contributed by atoms with Crippen LogP contribution in [0.15, 0.2) is 24.3 Å². The second kappa shape index (κ2) is 6.57. The molecule has 1 aliphatic carbocycles. The van der Waals surface area contributed by atoms with Gasteiger partial charge in [0.2, 0.25) is 5.91 Å². The molecule has 0 bridgehead atoms. The summed E-state index contributed by atoms with van der Waals surface area (Å²) < 4.78 is 5.16. The Labute approximate surface area is 114 Å². The molecule has 1 aromatic rings. The third kappa shape index (κ3) is 3.96. The van der Waals surface area contributed by atoms with E-state index in [2.05, 4.69) is 10.6 Å². The minimum absolute atomic E-state index is 0.0644. The molecule has 1 atom stereocenters. The average Bonchev–Trinajstić information content (AvgIpc) is 3.27. The first-order valence-electron chi connectivity index (χ1n) is 6.88. The SMILES string of the molecule is CCNCC(=O)NC(c1ccc(OC)cc1)C1CC1. The molecule has 0 aromatic heterocycles. The molecule has 0 spiro atoms. The van der Waals surface area contributed by atoms with E-state index in [0.717, 1.165) is 17.9 Å². The Morgan fingerprint density at radius 2 is 2.05 bits per heavy atom. The molecule has 2 rings (SSSR count). The van der Waals surface area contributed by atoms with E-state index in [4.69, 9.17) is 4.74 Å². The minimum Gasteiger partial charge on any atom is -0.497 e. The first-order valence-corrected chi connectivity index (χ1v) is 6.88. The van der Waals surface area contributed by atoms with E-state index >= 15 is 0 Å². The van der Waals surface area contributed by atoms with Gasteiger partial charge in [-0.05, 0) is 43.0 Å². The van der Waals surface area contributed by atoms with Crippen LogP contribution in [0.3, 0.4) is 0 Å². The van der Waals surface area contributed by atoms with Gasteiger partial charge in [0.1, 0.15) is 5.75 Å². The summed E-state index contributed by atoms with van der Waals surface area (Å²) in [5.74, 6) is 1.49. The zero-order chi connectivity index (χ0) is 13.7. The number of methoxy groups -OCH3 is 1. The maximum absolute atomic E-state index is 11.8. The first kappa shape index (κ1) is 13.9. The Hall–Kier alpha value is -1.55. The minimum atomic E-state index is 0.0644. The molecule has 1 fully saturated rings. The normalized spacial score (nSPS) is 15.9. The molecular formula is C15H22N2O2. The van der Waals surface area contributed by atoms with Gasteiger partial charge in [-0.25, -0.2) is 0 Å². The molecule has 2 N–H and O–H groups in total. The van der Waals surface area contributed by atoms with Crippen LogP contribution in [0.5, 0.6) is 5.75 Å². The van der Waals surface area contributed by atoms with Crippen molar-refractivity contribution in [3.8, 4) is 5.75 Å². The van der Waals surface area contributed by atoms with Crippen LogP contribution in [0.1, 0.15) is 31.4 Å². The number of benzene rings is 1. The fourth-order valence-corrected chi connectivity index (χ4v) is 2.18. The monoisotopic (exact) mass is 262 g/mol. The molecule has 4 nitrogen and oxygen atoms in total. The van der Waals surface area contributed by atoms with Crippen LogP contribution < -0.4 is 15.4 Å². The molecule has 0 aliphatic heterocycles. The van der Waals surface area contributed by atoms with Crippen molar-refractivity contribution in [3.63, 3.8) is 0 Å². The molecule has 1 saturated carbocycles. The third-order valence-corrected chi connectivity index (χ3v) is 3.42. The number of hydrogen-bond acceptors (Lipinski definition) is 3. The van der Waals surface area contributed by atoms with E-state index in [1.165, 1.54) is 12.8 Å². The van der Waals surface area contributed by atoms with Gasteiger partial charge in [-0.15, -0.1) is 0 Å². The van der Waals surface area contributed by atoms with Gasteiger partial charge in [0, 0.05) is 0 Å². The standard InChI is InChI=1S/C15H22N2O2/c1-3-16-10-14(18)17-15(11-4-5-11)12-6-8-13(19-2)9-7-12/h6-9,11,15-16H,3-5,10H2,1-2H3,(H,17,18). The van der Waals surface area contributed by atoms with Crippen molar-refractivity contribution < 1.29 is 9.53 Å². The van der Waals surface area contributed by atoms with Crippen molar-refractivity contribution in [2.24, 2.45) is 5.92 Å². The molecular weight excluding hydrogens is 240 g/mol. The van der Waals surface area contributed by atoms with E-state index in [0.29, 0.717) is 12.5 Å². The Morgan fingerprint density at radius 3 is 2.58 bits per heavy atom. The van der Waals surface area contributed by atoms with Gasteiger partial charge >= 0.3 is 0 Å². The molecule has 104 valence electrons. The van der Waals surface area contributed by atoms with Crippen LogP contribution in [0.4, 0.5) is 0 Å². The van der Waals surface area contributed by atoms with E-state index in [1.807, 2.05) is 31.2 Å². The van der Waals surface area contributed by atoms with Crippen LogP contribution in [-0.4, -0.2) is 26.1 Å². The summed E-state index contributed by atoms with van der Waals surface area (Å²) in [7, 11) is 1.66. The lowest BCUT2D eigenvalue weighted by molar-refractivity contribution is -0.121. The number of carbonyl (C=O) groups excluding carboxylic acids is 1. The second-order valence-electron chi connectivity index (χ2n) is 4.94. The van der Waals surface area contributed by atoms with Gasteiger partial charge in [0.15, 0.2) is 0 Å². The average molecular weight is 262 g/mol. The number of ether oxygens (including phenoxy) is 1. The number of amides is 1. The van der Waals surface area contributed by atoms with Crippen molar-refractivity contribution >= 4 is 5.91 Å². The summed E-state index contributed by atoms with van der Waals surface area (Å²) in [5.41, 5.74) is 1.16. The van der Waals surface area contributed by atoms with Gasteiger partial charge in [-0.3, -0.25) is 4.79 Å². The van der Waals surface area contributed by atoms with E-state index in [-0.39, 0.29) is 11.9 Å². The summed E-state index contributed by atoms with van der Waals surface area (Å²) in [5, 5.41) is 6.18. The summed E-state index contributed by atoms with van der Waals surface area (Å²) >= 11 is 0. The third-order valence-electron chi connectivity index (χ3n) is 3.42. The number of rotatable bonds is 7. The molecule has 0 saturated heterocycles. The van der Waals surface area contributed by atoms with E-state index < -0.39 is 0 Å². The lowest BCUT2D eigenvalue weighted by Crippen LogP contribution is -2.37. The maximum Gasteiger partial charge on any atom is 0.234 e. The first-order chi connectivity index (χ1) is 9.24. The van der Waals surface area contributed by atoms with Crippen molar-refractivity contribution in [2.45, 2.75) is 25.8 Å². The molecule has 1 amide bonds. The predicted octanol–water partition coefficient (Wildman–Crippen LogP) is 1.87. The van der Waals surface area contributed by atoms with Crippen LogP contribution in [0.25, 0.3) is 0 Å². The molecule has 4 heteroatoms. The van der Waals surface area contributed by atoms with Crippen LogP contribution in [-0.2, 0) is 4.79 Å². The Bertz CT molecular complexity index is 413. The Balaban J connectivity index is 2.00. The van der Waals surface area contributed by atoms with Crippen LogP contribution in [0, 0.1) is 5.92 Å². The van der Waals surface area contributed by atoms with Crippen LogP contribution in [0.2, 0.25) is 0 Å². The molecule has 1 aromatic carbocycles. The highest BCUT2D eigenvalue weighted by Crippen LogP contribution is 2.41. The van der Waals surface area contributed by atoms with Crippen molar-refractivity contribution in [1.29, 1.82) is 0 Å². The van der Waals surface area contributed by atoms with Gasteiger partial charge < -0.3 is 15.4 Å². The van der Waals surface area contributed by atoms with Gasteiger partial charge in [-0.1, -0.05) is 19.1 Å². The lowest BCUT2D eigenvalue weighted by atomic mass is 10.0. The fourth-order valence-electron chi connectivity index (χ4n) is 2.18. The highest BCUT2D eigenvalue weighted by atomic mass is 16.5. The highest BCUT2D eigenvalue weighted by Gasteiger charge is 2.33. The van der Waals surface area contributed by atoms with Crippen molar-refractivity contribution in [1.82, 2.24) is 10.6 Å². The zero-order valence-corrected chi connectivity index (χ0v) is 11.6. The van der Waals surface area contributed by atoms with Crippen LogP contribution >= 0.6 is 0 Å². The predicted molar refractivity (Wildman–Crippen MR) is 75.1 cm³/mol. The van der Waals surface area contributed by atoms with Crippen molar-refractivity contribution in [2.75, 3.05) is 20.2 Å². The Kier molecular flexibility index (Phi) is 4.80. The fraction of sp³-hybridized carbons (Fsp3) is 0.533. The summed E-state index contributed by atoms with van der Waals surface area (Å²) in [4.78, 5) is 11.8. The van der Waals surface area contributed by atoms with E-state index in [1.54, 1.807) is 7.11 Å². The molecule has 0 heterocycles.